The van der Waals surface area contributed by atoms with E-state index in [1.807, 2.05) is 5.32 Å². The van der Waals surface area contributed by atoms with Crippen molar-refractivity contribution in [2.75, 3.05) is 13.7 Å². The number of hydrogen-bond donors (Lipinski definition) is 1. The number of rotatable bonds is 2. The highest BCUT2D eigenvalue weighted by molar-refractivity contribution is 5.75. The third-order valence-corrected chi connectivity index (χ3v) is 3.11. The summed E-state index contributed by atoms with van der Waals surface area (Å²) in [4.78, 5) is 11.5. The lowest BCUT2D eigenvalue weighted by Gasteiger charge is -2.14. The van der Waals surface area contributed by atoms with Gasteiger partial charge in [-0.3, -0.25) is 0 Å². The van der Waals surface area contributed by atoms with Gasteiger partial charge in [0.05, 0.1) is 19.6 Å². The van der Waals surface area contributed by atoms with Crippen LogP contribution in [0.5, 0.6) is 0 Å². The van der Waals surface area contributed by atoms with Gasteiger partial charge in [-0.05, 0) is 11.6 Å². The Morgan fingerprint density at radius 1 is 1.50 bits per heavy atom. The van der Waals surface area contributed by atoms with Crippen LogP contribution in [0.25, 0.3) is 0 Å². The zero-order valence-electron chi connectivity index (χ0n) is 9.15. The van der Waals surface area contributed by atoms with Gasteiger partial charge in [0, 0.05) is 6.42 Å². The number of hydrogen-bond acceptors (Lipinski definition) is 2. The number of halogens is 1. The van der Waals surface area contributed by atoms with Crippen LogP contribution in [0.4, 0.5) is 4.39 Å². The Labute approximate surface area is 93.6 Å². The van der Waals surface area contributed by atoms with Crippen molar-refractivity contribution in [1.82, 2.24) is 0 Å². The number of methoxy groups -OCH3 is 1. The van der Waals surface area contributed by atoms with Crippen molar-refractivity contribution in [2.45, 2.75) is 18.4 Å². The largest absolute Gasteiger partial charge is 0.465 e. The number of benzene rings is 1. The van der Waals surface area contributed by atoms with E-state index in [2.05, 4.69) is 0 Å². The van der Waals surface area contributed by atoms with Crippen molar-refractivity contribution in [3.05, 3.63) is 35.6 Å². The van der Waals surface area contributed by atoms with Gasteiger partial charge in [-0.15, -0.1) is 0 Å². The van der Waals surface area contributed by atoms with Crippen molar-refractivity contribution < 1.29 is 19.2 Å². The topological polar surface area (TPSA) is 42.9 Å². The second-order valence-corrected chi connectivity index (χ2v) is 3.99. The molecule has 2 atom stereocenters. The smallest absolute Gasteiger partial charge is 0.365 e. The van der Waals surface area contributed by atoms with Crippen LogP contribution in [0.3, 0.4) is 0 Å². The predicted octanol–water partition coefficient (Wildman–Crippen LogP) is 0.418. The van der Waals surface area contributed by atoms with Crippen LogP contribution >= 0.6 is 0 Å². The fourth-order valence-corrected chi connectivity index (χ4v) is 2.32. The highest BCUT2D eigenvalue weighted by atomic mass is 19.1. The second-order valence-electron chi connectivity index (χ2n) is 3.99. The molecule has 2 rings (SSSR count). The molecule has 1 heterocycles. The molecule has 0 aliphatic carbocycles. The molecule has 3 nitrogen and oxygen atoms in total. The van der Waals surface area contributed by atoms with Crippen LogP contribution in [0.2, 0.25) is 0 Å². The summed E-state index contributed by atoms with van der Waals surface area (Å²) in [5, 5.41) is 1.92. The number of esters is 1. The molecule has 2 N–H and O–H groups in total. The van der Waals surface area contributed by atoms with Gasteiger partial charge in [-0.2, -0.15) is 0 Å². The summed E-state index contributed by atoms with van der Waals surface area (Å²) in [6.07, 6.45) is 0.806. The van der Waals surface area contributed by atoms with Crippen molar-refractivity contribution >= 4 is 5.97 Å². The van der Waals surface area contributed by atoms with Crippen LogP contribution in [0, 0.1) is 5.82 Å². The molecule has 1 aromatic carbocycles. The Morgan fingerprint density at radius 3 is 2.94 bits per heavy atom. The van der Waals surface area contributed by atoms with Gasteiger partial charge in [0.15, 0.2) is 6.04 Å². The SMILES string of the molecule is COC(=O)[C@@H]1[NH2+]CC[C@@H]1c1ccccc1F. The minimum absolute atomic E-state index is 0.0753. The monoisotopic (exact) mass is 224 g/mol. The van der Waals surface area contributed by atoms with E-state index in [1.165, 1.54) is 13.2 Å². The molecule has 1 aromatic rings. The summed E-state index contributed by atoms with van der Waals surface area (Å²) in [5.41, 5.74) is 0.617. The molecule has 0 aromatic heterocycles. The maximum Gasteiger partial charge on any atom is 0.365 e. The molecule has 0 amide bonds. The number of carbonyl (C=O) groups is 1. The Balaban J connectivity index is 2.27. The second kappa shape index (κ2) is 4.61. The summed E-state index contributed by atoms with van der Waals surface area (Å²) in [5.74, 6) is -0.587. The average molecular weight is 224 g/mol. The highest BCUT2D eigenvalue weighted by Gasteiger charge is 2.39. The Kier molecular flexibility index (Phi) is 3.19. The number of ether oxygens (including phenoxy) is 1. The molecular formula is C12H15FNO2+. The lowest BCUT2D eigenvalue weighted by atomic mass is 9.91. The number of quaternary nitrogens is 1. The molecule has 86 valence electrons. The minimum Gasteiger partial charge on any atom is -0.465 e. The summed E-state index contributed by atoms with van der Waals surface area (Å²) in [7, 11) is 1.37. The molecular weight excluding hydrogens is 209 g/mol. The van der Waals surface area contributed by atoms with Gasteiger partial charge in [-0.25, -0.2) is 9.18 Å². The van der Waals surface area contributed by atoms with E-state index in [0.29, 0.717) is 5.56 Å². The molecule has 0 spiro atoms. The molecule has 0 saturated carbocycles. The number of nitrogens with two attached hydrogens (primary N) is 1. The molecule has 0 unspecified atom stereocenters. The zero-order chi connectivity index (χ0) is 11.5. The first kappa shape index (κ1) is 11.1. The molecule has 1 fully saturated rings. The van der Waals surface area contributed by atoms with E-state index in [4.69, 9.17) is 4.74 Å². The third-order valence-electron chi connectivity index (χ3n) is 3.11. The first-order chi connectivity index (χ1) is 7.74. The fourth-order valence-electron chi connectivity index (χ4n) is 2.32. The molecule has 1 saturated heterocycles. The zero-order valence-corrected chi connectivity index (χ0v) is 9.15. The molecule has 0 bridgehead atoms. The van der Waals surface area contributed by atoms with Crippen LogP contribution in [-0.2, 0) is 9.53 Å². The standard InChI is InChI=1S/C12H14FNO2/c1-16-12(15)11-9(6-7-14-11)8-4-2-3-5-10(8)13/h2-5,9,11,14H,6-7H2,1H3/p+1/t9-,11-/m1/s1. The van der Waals surface area contributed by atoms with E-state index in [0.717, 1.165) is 13.0 Å². The van der Waals surface area contributed by atoms with Gasteiger partial charge in [-0.1, -0.05) is 18.2 Å². The lowest BCUT2D eigenvalue weighted by molar-refractivity contribution is -0.660. The fraction of sp³-hybridized carbons (Fsp3) is 0.417. The molecule has 1 aliphatic rings. The molecule has 0 radical (unpaired) electrons. The summed E-state index contributed by atoms with van der Waals surface area (Å²) >= 11 is 0. The van der Waals surface area contributed by atoms with Crippen molar-refractivity contribution in [3.8, 4) is 0 Å². The maximum absolute atomic E-state index is 13.6. The average Bonchev–Trinajstić information content (AvgIpc) is 2.77. The summed E-state index contributed by atoms with van der Waals surface area (Å²) in [6.45, 7) is 0.832. The quantitative estimate of drug-likeness (QED) is 0.740. The normalized spacial score (nSPS) is 24.4. The maximum atomic E-state index is 13.6. The summed E-state index contributed by atoms with van der Waals surface area (Å²) in [6, 6.07) is 6.33. The van der Waals surface area contributed by atoms with Gasteiger partial charge < -0.3 is 10.1 Å². The van der Waals surface area contributed by atoms with Crippen LogP contribution in [0.1, 0.15) is 17.9 Å². The van der Waals surface area contributed by atoms with E-state index in [-0.39, 0.29) is 23.7 Å². The summed E-state index contributed by atoms with van der Waals surface area (Å²) < 4.78 is 18.3. The van der Waals surface area contributed by atoms with E-state index in [9.17, 15) is 9.18 Å². The van der Waals surface area contributed by atoms with Gasteiger partial charge in [0.2, 0.25) is 0 Å². The van der Waals surface area contributed by atoms with Crippen LogP contribution in [0.15, 0.2) is 24.3 Å². The third kappa shape index (κ3) is 1.93. The number of carbonyl (C=O) groups excluding carboxylic acids is 1. The first-order valence-corrected chi connectivity index (χ1v) is 5.39. The van der Waals surface area contributed by atoms with Crippen LogP contribution < -0.4 is 5.32 Å². The van der Waals surface area contributed by atoms with Crippen molar-refractivity contribution in [1.29, 1.82) is 0 Å². The van der Waals surface area contributed by atoms with Crippen LogP contribution in [-0.4, -0.2) is 25.7 Å². The Hall–Kier alpha value is -1.42. The predicted molar refractivity (Wildman–Crippen MR) is 56.4 cm³/mol. The Bertz CT molecular complexity index is 394. The highest BCUT2D eigenvalue weighted by Crippen LogP contribution is 2.26. The van der Waals surface area contributed by atoms with Gasteiger partial charge in [0.1, 0.15) is 5.82 Å². The van der Waals surface area contributed by atoms with Gasteiger partial charge in [0.25, 0.3) is 0 Å². The Morgan fingerprint density at radius 2 is 2.25 bits per heavy atom. The molecule has 16 heavy (non-hydrogen) atoms. The van der Waals surface area contributed by atoms with Gasteiger partial charge >= 0.3 is 5.97 Å². The van der Waals surface area contributed by atoms with E-state index in [1.54, 1.807) is 18.2 Å². The van der Waals surface area contributed by atoms with Crippen molar-refractivity contribution in [2.24, 2.45) is 0 Å². The molecule has 4 heteroatoms. The first-order valence-electron chi connectivity index (χ1n) is 5.39. The minimum atomic E-state index is -0.304. The lowest BCUT2D eigenvalue weighted by Crippen LogP contribution is -2.89. The van der Waals surface area contributed by atoms with E-state index >= 15 is 0 Å². The van der Waals surface area contributed by atoms with Crippen molar-refractivity contribution in [3.63, 3.8) is 0 Å². The van der Waals surface area contributed by atoms with E-state index < -0.39 is 0 Å². The molecule has 1 aliphatic heterocycles.